The Morgan fingerprint density at radius 1 is 0.886 bits per heavy atom. The molecule has 1 heterocycles. The van der Waals surface area contributed by atoms with E-state index in [9.17, 15) is 14.4 Å². The van der Waals surface area contributed by atoms with Crippen LogP contribution in [0.15, 0.2) is 71.2 Å². The lowest BCUT2D eigenvalue weighted by atomic mass is 10.2. The van der Waals surface area contributed by atoms with E-state index in [1.54, 1.807) is 54.6 Å². The topological polar surface area (TPSA) is 92.2 Å². The Morgan fingerprint density at radius 2 is 1.60 bits per heavy atom. The largest absolute Gasteiger partial charge is 0.344 e. The summed E-state index contributed by atoms with van der Waals surface area (Å²) in [7, 11) is 0. The Balaban J connectivity index is 1.56. The van der Waals surface area contributed by atoms with Crippen LogP contribution in [0.3, 0.4) is 0 Å². The van der Waals surface area contributed by atoms with Gasteiger partial charge < -0.3 is 10.6 Å². The summed E-state index contributed by atoms with van der Waals surface area (Å²) in [4.78, 5) is 38.3. The molecule has 0 fully saturated rings. The van der Waals surface area contributed by atoms with Gasteiger partial charge in [-0.25, -0.2) is 4.68 Å². The first-order valence-electron chi connectivity index (χ1n) is 10.4. The zero-order valence-corrected chi connectivity index (χ0v) is 21.5. The number of aryl methyl sites for hydroxylation is 1. The van der Waals surface area contributed by atoms with Gasteiger partial charge in [0.15, 0.2) is 0 Å². The minimum atomic E-state index is -0.931. The predicted octanol–water partition coefficient (Wildman–Crippen LogP) is 5.66. The van der Waals surface area contributed by atoms with Crippen LogP contribution in [-0.2, 0) is 16.1 Å². The van der Waals surface area contributed by atoms with Crippen LogP contribution in [0.1, 0.15) is 21.6 Å². The number of benzene rings is 3. The van der Waals surface area contributed by atoms with Crippen LogP contribution in [0.4, 0.5) is 5.69 Å². The van der Waals surface area contributed by atoms with Gasteiger partial charge in [-0.3, -0.25) is 19.8 Å². The normalized spacial score (nSPS) is 10.7. The van der Waals surface area contributed by atoms with Crippen molar-refractivity contribution in [2.45, 2.75) is 13.5 Å². The third-order valence-corrected chi connectivity index (χ3v) is 6.57. The van der Waals surface area contributed by atoms with Crippen molar-refractivity contribution in [3.05, 3.63) is 98.1 Å². The fourth-order valence-electron chi connectivity index (χ4n) is 3.41. The van der Waals surface area contributed by atoms with Gasteiger partial charge in [0, 0.05) is 32.1 Å². The first-order valence-corrected chi connectivity index (χ1v) is 12.0. The molecule has 178 valence electrons. The van der Waals surface area contributed by atoms with Crippen molar-refractivity contribution in [2.24, 2.45) is 0 Å². The van der Waals surface area contributed by atoms with Gasteiger partial charge in [-0.05, 0) is 72.6 Å². The van der Waals surface area contributed by atoms with Crippen molar-refractivity contribution in [1.82, 2.24) is 9.99 Å². The minimum absolute atomic E-state index is 0.127. The van der Waals surface area contributed by atoms with E-state index in [0.29, 0.717) is 26.6 Å². The fraction of sp³-hybridized carbons (Fsp3) is 0.0800. The average Bonchev–Trinajstić information content (AvgIpc) is 3.18. The SMILES string of the molecule is Cc1cc(NC(=O)c2cc3cc(Cl)ccc3n2NC(=O)C(=O)NCc2ccc(Cl)cc2)ccc1Br. The number of halogens is 3. The third-order valence-electron chi connectivity index (χ3n) is 5.20. The lowest BCUT2D eigenvalue weighted by molar-refractivity contribution is -0.136. The standard InChI is InChI=1S/C25H19BrCl2N4O3/c1-14-10-19(7-8-20(14)26)30-23(33)22-12-16-11-18(28)6-9-21(16)32(22)31-25(35)24(34)29-13-15-2-4-17(27)5-3-15/h2-12H,13H2,1H3,(H,29,34)(H,30,33)(H,31,35). The van der Waals surface area contributed by atoms with Gasteiger partial charge >= 0.3 is 11.8 Å². The summed E-state index contributed by atoms with van der Waals surface area (Å²) in [6.07, 6.45) is 0. The van der Waals surface area contributed by atoms with Crippen LogP contribution in [-0.4, -0.2) is 22.4 Å². The van der Waals surface area contributed by atoms with Gasteiger partial charge in [-0.15, -0.1) is 0 Å². The summed E-state index contributed by atoms with van der Waals surface area (Å²) < 4.78 is 2.19. The zero-order valence-electron chi connectivity index (χ0n) is 18.4. The van der Waals surface area contributed by atoms with Crippen LogP contribution < -0.4 is 16.1 Å². The molecule has 0 radical (unpaired) electrons. The molecular weight excluding hydrogens is 555 g/mol. The van der Waals surface area contributed by atoms with E-state index in [1.807, 2.05) is 19.1 Å². The molecule has 0 aliphatic rings. The molecule has 4 rings (SSSR count). The third kappa shape index (κ3) is 5.85. The molecule has 0 bridgehead atoms. The number of hydrogen-bond acceptors (Lipinski definition) is 3. The second-order valence-electron chi connectivity index (χ2n) is 7.74. The van der Waals surface area contributed by atoms with E-state index >= 15 is 0 Å². The summed E-state index contributed by atoms with van der Waals surface area (Å²) in [5.41, 5.74) is 5.46. The lowest BCUT2D eigenvalue weighted by Crippen LogP contribution is -2.39. The highest BCUT2D eigenvalue weighted by molar-refractivity contribution is 9.10. The Labute approximate surface area is 219 Å². The molecule has 0 aliphatic heterocycles. The molecule has 0 spiro atoms. The first-order chi connectivity index (χ1) is 16.7. The molecule has 4 aromatic rings. The number of nitrogens with zero attached hydrogens (tertiary/aromatic N) is 1. The van der Waals surface area contributed by atoms with Gasteiger partial charge in [0.05, 0.1) is 5.52 Å². The predicted molar refractivity (Wildman–Crippen MR) is 141 cm³/mol. The molecule has 10 heteroatoms. The molecule has 0 saturated carbocycles. The van der Waals surface area contributed by atoms with E-state index in [2.05, 4.69) is 32.0 Å². The van der Waals surface area contributed by atoms with Gasteiger partial charge in [0.25, 0.3) is 5.91 Å². The van der Waals surface area contributed by atoms with E-state index < -0.39 is 17.7 Å². The number of aromatic nitrogens is 1. The number of nitrogens with one attached hydrogen (secondary N) is 3. The van der Waals surface area contributed by atoms with Crippen LogP contribution in [0, 0.1) is 6.92 Å². The van der Waals surface area contributed by atoms with Crippen LogP contribution >= 0.6 is 39.1 Å². The Bertz CT molecular complexity index is 1450. The summed E-state index contributed by atoms with van der Waals surface area (Å²) >= 11 is 15.4. The Hall–Kier alpha value is -3.33. The first kappa shape index (κ1) is 24.8. The Morgan fingerprint density at radius 3 is 2.31 bits per heavy atom. The molecule has 7 nitrogen and oxygen atoms in total. The van der Waals surface area contributed by atoms with Crippen molar-refractivity contribution in [3.8, 4) is 0 Å². The molecular formula is C25H19BrCl2N4O3. The number of carbonyl (C=O) groups is 3. The van der Waals surface area contributed by atoms with Crippen molar-refractivity contribution >= 4 is 73.4 Å². The summed E-state index contributed by atoms with van der Waals surface area (Å²) in [6, 6.07) is 18.8. The van der Waals surface area contributed by atoms with Crippen molar-refractivity contribution in [2.75, 3.05) is 10.7 Å². The van der Waals surface area contributed by atoms with Crippen LogP contribution in [0.2, 0.25) is 10.0 Å². The maximum Gasteiger partial charge on any atom is 0.328 e. The highest BCUT2D eigenvalue weighted by Crippen LogP contribution is 2.25. The molecule has 35 heavy (non-hydrogen) atoms. The number of rotatable bonds is 5. The van der Waals surface area contributed by atoms with Crippen LogP contribution in [0.5, 0.6) is 0 Å². The van der Waals surface area contributed by atoms with Crippen molar-refractivity contribution in [3.63, 3.8) is 0 Å². The van der Waals surface area contributed by atoms with E-state index in [1.165, 1.54) is 4.68 Å². The maximum atomic E-state index is 13.1. The maximum absolute atomic E-state index is 13.1. The number of fused-ring (bicyclic) bond motifs is 1. The fourth-order valence-corrected chi connectivity index (χ4v) is 3.96. The van der Waals surface area contributed by atoms with E-state index in [-0.39, 0.29) is 12.2 Å². The molecule has 3 N–H and O–H groups in total. The second kappa shape index (κ2) is 10.5. The molecule has 0 unspecified atom stereocenters. The number of carbonyl (C=O) groups excluding carboxylic acids is 3. The smallest absolute Gasteiger partial charge is 0.328 e. The Kier molecular flexibility index (Phi) is 7.45. The molecule has 0 atom stereocenters. The van der Waals surface area contributed by atoms with Gasteiger partial charge in [0.1, 0.15) is 5.69 Å². The number of amides is 3. The van der Waals surface area contributed by atoms with E-state index in [4.69, 9.17) is 23.2 Å². The quantitative estimate of drug-likeness (QED) is 0.269. The highest BCUT2D eigenvalue weighted by atomic mass is 79.9. The van der Waals surface area contributed by atoms with Gasteiger partial charge in [0.2, 0.25) is 0 Å². The summed E-state index contributed by atoms with van der Waals surface area (Å²) in [5, 5.41) is 7.04. The van der Waals surface area contributed by atoms with Crippen LogP contribution in [0.25, 0.3) is 10.9 Å². The number of anilines is 1. The van der Waals surface area contributed by atoms with E-state index in [0.717, 1.165) is 15.6 Å². The molecule has 3 amide bonds. The highest BCUT2D eigenvalue weighted by Gasteiger charge is 2.21. The number of hydrogen-bond donors (Lipinski definition) is 3. The lowest BCUT2D eigenvalue weighted by Gasteiger charge is -2.13. The second-order valence-corrected chi connectivity index (χ2v) is 9.46. The average molecular weight is 574 g/mol. The summed E-state index contributed by atoms with van der Waals surface area (Å²) in [6.45, 7) is 2.04. The summed E-state index contributed by atoms with van der Waals surface area (Å²) in [5.74, 6) is -2.26. The molecule has 0 aliphatic carbocycles. The van der Waals surface area contributed by atoms with Crippen molar-refractivity contribution < 1.29 is 14.4 Å². The zero-order chi connectivity index (χ0) is 25.1. The van der Waals surface area contributed by atoms with Crippen molar-refractivity contribution in [1.29, 1.82) is 0 Å². The van der Waals surface area contributed by atoms with Gasteiger partial charge in [-0.2, -0.15) is 0 Å². The minimum Gasteiger partial charge on any atom is -0.344 e. The molecule has 0 saturated heterocycles. The molecule has 3 aromatic carbocycles. The monoisotopic (exact) mass is 572 g/mol. The van der Waals surface area contributed by atoms with Gasteiger partial charge in [-0.1, -0.05) is 51.3 Å². The molecule has 1 aromatic heterocycles.